The average Bonchev–Trinajstić information content (AvgIpc) is 2.29. The van der Waals surface area contributed by atoms with E-state index in [1.54, 1.807) is 11.8 Å². The van der Waals surface area contributed by atoms with Crippen molar-refractivity contribution in [2.45, 2.75) is 30.2 Å². The van der Waals surface area contributed by atoms with Crippen molar-refractivity contribution in [1.82, 2.24) is 0 Å². The fourth-order valence-electron chi connectivity index (χ4n) is 1.53. The Morgan fingerprint density at radius 3 is 2.40 bits per heavy atom. The third-order valence-electron chi connectivity index (χ3n) is 2.51. The molecule has 2 nitrogen and oxygen atoms in total. The second kappa shape index (κ2) is 6.88. The van der Waals surface area contributed by atoms with Gasteiger partial charge in [-0.05, 0) is 43.3 Å². The SMILES string of the molecule is CSc1ccc([C@@H](N)CCCCN)cc1. The number of unbranched alkanes of at least 4 members (excludes halogenated alkanes) is 1. The van der Waals surface area contributed by atoms with Gasteiger partial charge in [0, 0.05) is 10.9 Å². The summed E-state index contributed by atoms with van der Waals surface area (Å²) in [6.45, 7) is 0.762. The average molecular weight is 224 g/mol. The van der Waals surface area contributed by atoms with Crippen LogP contribution in [0.25, 0.3) is 0 Å². The van der Waals surface area contributed by atoms with Crippen molar-refractivity contribution in [2.24, 2.45) is 11.5 Å². The molecule has 84 valence electrons. The Kier molecular flexibility index (Phi) is 5.76. The maximum absolute atomic E-state index is 6.08. The highest BCUT2D eigenvalue weighted by Gasteiger charge is 2.04. The summed E-state index contributed by atoms with van der Waals surface area (Å²) >= 11 is 1.75. The first-order chi connectivity index (χ1) is 7.27. The third kappa shape index (κ3) is 4.24. The zero-order valence-electron chi connectivity index (χ0n) is 9.28. The number of benzene rings is 1. The largest absolute Gasteiger partial charge is 0.330 e. The van der Waals surface area contributed by atoms with Gasteiger partial charge >= 0.3 is 0 Å². The maximum Gasteiger partial charge on any atom is 0.0294 e. The summed E-state index contributed by atoms with van der Waals surface area (Å²) in [4.78, 5) is 1.29. The van der Waals surface area contributed by atoms with E-state index in [0.29, 0.717) is 0 Å². The summed E-state index contributed by atoms with van der Waals surface area (Å²) in [7, 11) is 0. The van der Waals surface area contributed by atoms with Gasteiger partial charge in [-0.25, -0.2) is 0 Å². The first-order valence-corrected chi connectivity index (χ1v) is 6.60. The fraction of sp³-hybridized carbons (Fsp3) is 0.500. The van der Waals surface area contributed by atoms with E-state index >= 15 is 0 Å². The normalized spacial score (nSPS) is 12.7. The minimum atomic E-state index is 0.160. The van der Waals surface area contributed by atoms with Gasteiger partial charge in [0.25, 0.3) is 0 Å². The Balaban J connectivity index is 2.46. The van der Waals surface area contributed by atoms with Gasteiger partial charge < -0.3 is 11.5 Å². The first kappa shape index (κ1) is 12.6. The number of thioether (sulfide) groups is 1. The van der Waals surface area contributed by atoms with Crippen molar-refractivity contribution >= 4 is 11.8 Å². The highest BCUT2D eigenvalue weighted by Crippen LogP contribution is 2.20. The lowest BCUT2D eigenvalue weighted by Crippen LogP contribution is -2.10. The van der Waals surface area contributed by atoms with E-state index in [-0.39, 0.29) is 6.04 Å². The molecule has 0 saturated carbocycles. The van der Waals surface area contributed by atoms with Crippen LogP contribution in [0.4, 0.5) is 0 Å². The lowest BCUT2D eigenvalue weighted by atomic mass is 10.0. The van der Waals surface area contributed by atoms with E-state index in [1.807, 2.05) is 0 Å². The van der Waals surface area contributed by atoms with Crippen LogP contribution in [0.1, 0.15) is 30.9 Å². The molecule has 1 rings (SSSR count). The highest BCUT2D eigenvalue weighted by atomic mass is 32.2. The standard InChI is InChI=1S/C12H20N2S/c1-15-11-7-5-10(6-8-11)12(14)4-2-3-9-13/h5-8,12H,2-4,9,13-14H2,1H3/t12-/m0/s1. The van der Waals surface area contributed by atoms with Crippen molar-refractivity contribution in [1.29, 1.82) is 0 Å². The van der Waals surface area contributed by atoms with E-state index in [1.165, 1.54) is 10.5 Å². The molecule has 1 atom stereocenters. The second-order valence-electron chi connectivity index (χ2n) is 3.66. The summed E-state index contributed by atoms with van der Waals surface area (Å²) in [6, 6.07) is 8.66. The summed E-state index contributed by atoms with van der Waals surface area (Å²) < 4.78 is 0. The van der Waals surface area contributed by atoms with Crippen LogP contribution in [-0.4, -0.2) is 12.8 Å². The maximum atomic E-state index is 6.08. The molecule has 0 radical (unpaired) electrons. The van der Waals surface area contributed by atoms with Crippen molar-refractivity contribution in [3.05, 3.63) is 29.8 Å². The van der Waals surface area contributed by atoms with Gasteiger partial charge in [0.1, 0.15) is 0 Å². The third-order valence-corrected chi connectivity index (χ3v) is 3.26. The first-order valence-electron chi connectivity index (χ1n) is 5.37. The van der Waals surface area contributed by atoms with Gasteiger partial charge in [0.2, 0.25) is 0 Å². The van der Waals surface area contributed by atoms with Gasteiger partial charge in [-0.2, -0.15) is 0 Å². The predicted octanol–water partition coefficient (Wildman–Crippen LogP) is 2.54. The topological polar surface area (TPSA) is 52.0 Å². The minimum Gasteiger partial charge on any atom is -0.330 e. The molecule has 0 amide bonds. The summed E-state index contributed by atoms with van der Waals surface area (Å²) in [5.41, 5.74) is 12.8. The zero-order chi connectivity index (χ0) is 11.1. The van der Waals surface area contributed by atoms with Crippen LogP contribution in [0.15, 0.2) is 29.2 Å². The lowest BCUT2D eigenvalue weighted by molar-refractivity contribution is 0.591. The Morgan fingerprint density at radius 2 is 1.87 bits per heavy atom. The highest BCUT2D eigenvalue weighted by molar-refractivity contribution is 7.98. The minimum absolute atomic E-state index is 0.160. The zero-order valence-corrected chi connectivity index (χ0v) is 10.1. The monoisotopic (exact) mass is 224 g/mol. The van der Waals surface area contributed by atoms with Crippen LogP contribution < -0.4 is 11.5 Å². The van der Waals surface area contributed by atoms with Crippen molar-refractivity contribution in [2.75, 3.05) is 12.8 Å². The van der Waals surface area contributed by atoms with Crippen LogP contribution in [0.2, 0.25) is 0 Å². The smallest absolute Gasteiger partial charge is 0.0294 e. The van der Waals surface area contributed by atoms with Crippen LogP contribution in [0.5, 0.6) is 0 Å². The summed E-state index contributed by atoms with van der Waals surface area (Å²) in [6.07, 6.45) is 5.28. The van der Waals surface area contributed by atoms with Crippen molar-refractivity contribution in [3.8, 4) is 0 Å². The molecule has 0 aromatic heterocycles. The molecular formula is C12H20N2S. The summed E-state index contributed by atoms with van der Waals surface area (Å²) in [5.74, 6) is 0. The number of hydrogen-bond donors (Lipinski definition) is 2. The van der Waals surface area contributed by atoms with E-state index < -0.39 is 0 Å². The van der Waals surface area contributed by atoms with E-state index in [4.69, 9.17) is 11.5 Å². The predicted molar refractivity (Wildman–Crippen MR) is 68.1 cm³/mol. The molecule has 0 bridgehead atoms. The van der Waals surface area contributed by atoms with Crippen LogP contribution in [0.3, 0.4) is 0 Å². The number of rotatable bonds is 6. The molecule has 0 fully saturated rings. The number of nitrogens with two attached hydrogens (primary N) is 2. The Hall–Kier alpha value is -0.510. The van der Waals surface area contributed by atoms with Crippen LogP contribution in [-0.2, 0) is 0 Å². The molecule has 0 aliphatic carbocycles. The molecular weight excluding hydrogens is 204 g/mol. The Bertz CT molecular complexity index is 271. The van der Waals surface area contributed by atoms with Gasteiger partial charge in [-0.1, -0.05) is 18.6 Å². The molecule has 0 aliphatic heterocycles. The molecule has 1 aromatic rings. The van der Waals surface area contributed by atoms with Gasteiger partial charge in [-0.3, -0.25) is 0 Å². The molecule has 15 heavy (non-hydrogen) atoms. The van der Waals surface area contributed by atoms with Crippen molar-refractivity contribution < 1.29 is 0 Å². The van der Waals surface area contributed by atoms with Crippen LogP contribution in [0, 0.1) is 0 Å². The molecule has 1 aromatic carbocycles. The van der Waals surface area contributed by atoms with E-state index in [0.717, 1.165) is 25.8 Å². The van der Waals surface area contributed by atoms with Gasteiger partial charge in [0.15, 0.2) is 0 Å². The summed E-state index contributed by atoms with van der Waals surface area (Å²) in [5, 5.41) is 0. The number of hydrogen-bond acceptors (Lipinski definition) is 3. The fourth-order valence-corrected chi connectivity index (χ4v) is 1.93. The molecule has 4 N–H and O–H groups in total. The molecule has 0 saturated heterocycles. The van der Waals surface area contributed by atoms with Gasteiger partial charge in [0.05, 0.1) is 0 Å². The van der Waals surface area contributed by atoms with E-state index in [2.05, 4.69) is 30.5 Å². The second-order valence-corrected chi connectivity index (χ2v) is 4.54. The van der Waals surface area contributed by atoms with E-state index in [9.17, 15) is 0 Å². The van der Waals surface area contributed by atoms with Crippen molar-refractivity contribution in [3.63, 3.8) is 0 Å². The molecule has 0 aliphatic rings. The Morgan fingerprint density at radius 1 is 1.20 bits per heavy atom. The Labute approximate surface area is 96.4 Å². The van der Waals surface area contributed by atoms with Gasteiger partial charge in [-0.15, -0.1) is 11.8 Å². The quantitative estimate of drug-likeness (QED) is 0.577. The molecule has 3 heteroatoms. The lowest BCUT2D eigenvalue weighted by Gasteiger charge is -2.11. The van der Waals surface area contributed by atoms with Crippen LogP contribution >= 0.6 is 11.8 Å². The molecule has 0 heterocycles. The molecule has 0 spiro atoms. The molecule has 0 unspecified atom stereocenters.